The van der Waals surface area contributed by atoms with Crippen LogP contribution in [0.4, 0.5) is 0 Å². The molecule has 1 amide bonds. The van der Waals surface area contributed by atoms with Crippen LogP contribution < -0.4 is 4.90 Å². The topological polar surface area (TPSA) is 63.7 Å². The molecule has 4 rings (SSSR count). The van der Waals surface area contributed by atoms with Crippen molar-refractivity contribution in [1.82, 2.24) is 15.1 Å². The van der Waals surface area contributed by atoms with Gasteiger partial charge >= 0.3 is 0 Å². The molecule has 2 heterocycles. The van der Waals surface area contributed by atoms with Crippen LogP contribution in [0.5, 0.6) is 0 Å². The summed E-state index contributed by atoms with van der Waals surface area (Å²) in [4.78, 5) is 16.3. The van der Waals surface area contributed by atoms with Crippen LogP contribution in [0.3, 0.4) is 0 Å². The molecule has 1 atom stereocenters. The number of amides is 1. The van der Waals surface area contributed by atoms with E-state index in [1.165, 1.54) is 22.2 Å². The van der Waals surface area contributed by atoms with E-state index in [1.54, 1.807) is 0 Å². The van der Waals surface area contributed by atoms with Gasteiger partial charge in [0.1, 0.15) is 6.54 Å². The van der Waals surface area contributed by atoms with Crippen LogP contribution in [-0.4, -0.2) is 52.4 Å². The second kappa shape index (κ2) is 9.24. The average molecular weight is 410 g/mol. The number of piperazine rings is 1. The lowest BCUT2D eigenvalue weighted by atomic mass is 10.2. The Morgan fingerprint density at radius 2 is 1.72 bits per heavy atom. The van der Waals surface area contributed by atoms with Crippen molar-refractivity contribution < 1.29 is 14.1 Å². The zero-order chi connectivity index (χ0) is 20.1. The van der Waals surface area contributed by atoms with Crippen LogP contribution in [0.1, 0.15) is 12.5 Å². The van der Waals surface area contributed by atoms with Gasteiger partial charge in [0.15, 0.2) is 0 Å². The Kier molecular flexibility index (Phi) is 6.27. The molecule has 3 aromatic rings. The lowest BCUT2D eigenvalue weighted by molar-refractivity contribution is -0.917. The number of rotatable bonds is 6. The van der Waals surface area contributed by atoms with Gasteiger partial charge in [0.05, 0.1) is 31.4 Å². The molecule has 0 unspecified atom stereocenters. The van der Waals surface area contributed by atoms with Crippen LogP contribution in [0, 0.1) is 0 Å². The highest BCUT2D eigenvalue weighted by Crippen LogP contribution is 2.26. The fraction of sp³-hybridized carbons (Fsp3) is 0.318. The summed E-state index contributed by atoms with van der Waals surface area (Å²) in [6.07, 6.45) is 0. The van der Waals surface area contributed by atoms with Gasteiger partial charge in [-0.05, 0) is 19.1 Å². The largest absolute Gasteiger partial charge is 0.411 e. The quantitative estimate of drug-likeness (QED) is 0.632. The third-order valence-corrected chi connectivity index (χ3v) is 6.05. The van der Waals surface area contributed by atoms with E-state index in [1.807, 2.05) is 48.2 Å². The first-order valence-electron chi connectivity index (χ1n) is 9.91. The van der Waals surface area contributed by atoms with Crippen molar-refractivity contribution in [1.29, 1.82) is 0 Å². The van der Waals surface area contributed by atoms with E-state index in [-0.39, 0.29) is 11.2 Å². The molecule has 0 saturated carbocycles. The monoisotopic (exact) mass is 409 g/mol. The molecule has 6 nitrogen and oxygen atoms in total. The van der Waals surface area contributed by atoms with Gasteiger partial charge in [-0.1, -0.05) is 60.3 Å². The van der Waals surface area contributed by atoms with Gasteiger partial charge in [-0.3, -0.25) is 4.79 Å². The molecule has 1 aromatic heterocycles. The summed E-state index contributed by atoms with van der Waals surface area (Å²) in [5.41, 5.74) is 2.22. The van der Waals surface area contributed by atoms with Crippen molar-refractivity contribution >= 4 is 17.7 Å². The normalized spacial score (nSPS) is 16.0. The maximum Gasteiger partial charge on any atom is 0.277 e. The SMILES string of the molecule is C[C@H](Sc1nnc(-c2ccccc2)o1)C(=O)N1CC[NH+](Cc2ccccc2)CC1. The fourth-order valence-electron chi connectivity index (χ4n) is 3.52. The molecule has 0 radical (unpaired) electrons. The number of benzene rings is 2. The van der Waals surface area contributed by atoms with E-state index >= 15 is 0 Å². The van der Waals surface area contributed by atoms with Crippen molar-refractivity contribution in [2.24, 2.45) is 0 Å². The maximum absolute atomic E-state index is 12.9. The summed E-state index contributed by atoms with van der Waals surface area (Å²) in [7, 11) is 0. The number of hydrogen-bond donors (Lipinski definition) is 1. The zero-order valence-electron chi connectivity index (χ0n) is 16.5. The number of nitrogens with zero attached hydrogens (tertiary/aromatic N) is 3. The first-order valence-corrected chi connectivity index (χ1v) is 10.8. The second-order valence-electron chi connectivity index (χ2n) is 7.24. The molecule has 7 heteroatoms. The number of aromatic nitrogens is 2. The summed E-state index contributed by atoms with van der Waals surface area (Å²) in [5, 5.41) is 8.36. The Morgan fingerprint density at radius 3 is 2.41 bits per heavy atom. The van der Waals surface area contributed by atoms with Crippen LogP contribution >= 0.6 is 11.8 Å². The molecule has 29 heavy (non-hydrogen) atoms. The molecule has 1 aliphatic rings. The Bertz CT molecular complexity index is 924. The van der Waals surface area contributed by atoms with Gasteiger partial charge < -0.3 is 14.2 Å². The average Bonchev–Trinajstić information content (AvgIpc) is 3.23. The number of thioether (sulfide) groups is 1. The summed E-state index contributed by atoms with van der Waals surface area (Å²) < 4.78 is 5.73. The third-order valence-electron chi connectivity index (χ3n) is 5.13. The Hall–Kier alpha value is -2.64. The number of hydrogen-bond acceptors (Lipinski definition) is 5. The minimum atomic E-state index is -0.255. The molecule has 0 spiro atoms. The number of quaternary nitrogens is 1. The maximum atomic E-state index is 12.9. The molecule has 0 aliphatic carbocycles. The van der Waals surface area contributed by atoms with E-state index in [0.717, 1.165) is 38.3 Å². The smallest absolute Gasteiger partial charge is 0.277 e. The molecular weight excluding hydrogens is 384 g/mol. The van der Waals surface area contributed by atoms with E-state index in [0.29, 0.717) is 11.1 Å². The van der Waals surface area contributed by atoms with Gasteiger partial charge in [-0.2, -0.15) is 0 Å². The van der Waals surface area contributed by atoms with Crippen molar-refractivity contribution in [2.45, 2.75) is 23.9 Å². The molecule has 150 valence electrons. The third kappa shape index (κ3) is 5.05. The zero-order valence-corrected chi connectivity index (χ0v) is 17.3. The highest BCUT2D eigenvalue weighted by Gasteiger charge is 2.28. The summed E-state index contributed by atoms with van der Waals surface area (Å²) in [5.74, 6) is 0.610. The number of nitrogens with one attached hydrogen (secondary N) is 1. The van der Waals surface area contributed by atoms with Crippen molar-refractivity contribution in [2.75, 3.05) is 26.2 Å². The molecule has 1 fully saturated rings. The lowest BCUT2D eigenvalue weighted by Crippen LogP contribution is -3.13. The van der Waals surface area contributed by atoms with Crippen LogP contribution in [0.25, 0.3) is 11.5 Å². The first-order chi connectivity index (χ1) is 14.2. The highest BCUT2D eigenvalue weighted by molar-refractivity contribution is 8.00. The molecule has 2 aromatic carbocycles. The lowest BCUT2D eigenvalue weighted by Gasteiger charge is -2.33. The predicted molar refractivity (Wildman–Crippen MR) is 112 cm³/mol. The van der Waals surface area contributed by atoms with Gasteiger partial charge in [-0.25, -0.2) is 0 Å². The highest BCUT2D eigenvalue weighted by atomic mass is 32.2. The van der Waals surface area contributed by atoms with Gasteiger partial charge in [0.2, 0.25) is 11.8 Å². The van der Waals surface area contributed by atoms with Gasteiger partial charge in [-0.15, -0.1) is 10.2 Å². The standard InChI is InChI=1S/C22H24N4O2S/c1-17(29-22-24-23-20(28-22)19-10-6-3-7-11-19)21(27)26-14-12-25(13-15-26)16-18-8-4-2-5-9-18/h2-11,17H,12-16H2,1H3/p+1/t17-/m0/s1. The van der Waals surface area contributed by atoms with E-state index in [4.69, 9.17) is 4.42 Å². The van der Waals surface area contributed by atoms with E-state index in [2.05, 4.69) is 34.5 Å². The van der Waals surface area contributed by atoms with Crippen molar-refractivity contribution in [3.63, 3.8) is 0 Å². The predicted octanol–water partition coefficient (Wildman–Crippen LogP) is 2.14. The summed E-state index contributed by atoms with van der Waals surface area (Å²) >= 11 is 1.33. The number of carbonyl (C=O) groups is 1. The Labute approximate surface area is 174 Å². The number of carbonyl (C=O) groups excluding carboxylic acids is 1. The minimum absolute atomic E-state index is 0.133. The van der Waals surface area contributed by atoms with E-state index in [9.17, 15) is 4.79 Å². The van der Waals surface area contributed by atoms with Crippen LogP contribution in [-0.2, 0) is 11.3 Å². The fourth-order valence-corrected chi connectivity index (χ4v) is 4.29. The first kappa shape index (κ1) is 19.7. The summed E-state index contributed by atoms with van der Waals surface area (Å²) in [6.45, 7) is 6.42. The molecule has 1 N–H and O–H groups in total. The molecular formula is C22H25N4O2S+. The summed E-state index contributed by atoms with van der Waals surface area (Å²) in [6, 6.07) is 20.2. The molecule has 1 aliphatic heterocycles. The van der Waals surface area contributed by atoms with Gasteiger partial charge in [0.25, 0.3) is 5.22 Å². The van der Waals surface area contributed by atoms with Crippen molar-refractivity contribution in [3.8, 4) is 11.5 Å². The van der Waals surface area contributed by atoms with Crippen LogP contribution in [0.2, 0.25) is 0 Å². The van der Waals surface area contributed by atoms with Gasteiger partial charge in [0, 0.05) is 11.1 Å². The minimum Gasteiger partial charge on any atom is -0.411 e. The molecule has 0 bridgehead atoms. The second-order valence-corrected chi connectivity index (χ2v) is 8.53. The Balaban J connectivity index is 1.28. The van der Waals surface area contributed by atoms with Crippen molar-refractivity contribution in [3.05, 3.63) is 66.2 Å². The van der Waals surface area contributed by atoms with E-state index < -0.39 is 0 Å². The Morgan fingerprint density at radius 1 is 1.07 bits per heavy atom. The molecule has 1 saturated heterocycles. The van der Waals surface area contributed by atoms with Crippen LogP contribution in [0.15, 0.2) is 70.3 Å².